The molecular formula is C14H24N4O2S. The number of aromatic nitrogens is 3. The number of carbonyl (C=O) groups excluding carboxylic acids is 1. The van der Waals surface area contributed by atoms with Gasteiger partial charge in [-0.25, -0.2) is 0 Å². The Labute approximate surface area is 130 Å². The Morgan fingerprint density at radius 2 is 2.24 bits per heavy atom. The standard InChI is InChI=1S/C14H24N4O2S/c1-9(2)15-14(12(19)20-5)7-6-11(8-14)21-13-17-16-10(3)18(13)4/h9,11,15H,6-8H2,1-5H3. The maximum atomic E-state index is 12.2. The SMILES string of the molecule is COC(=O)C1(NC(C)C)CCC(Sc2nnc(C)n2C)C1. The van der Waals surface area contributed by atoms with Gasteiger partial charge >= 0.3 is 5.97 Å². The fourth-order valence-electron chi connectivity index (χ4n) is 2.86. The zero-order chi connectivity index (χ0) is 15.6. The highest BCUT2D eigenvalue weighted by molar-refractivity contribution is 7.99. The molecule has 0 bridgehead atoms. The normalized spacial score (nSPS) is 25.5. The van der Waals surface area contributed by atoms with E-state index in [0.717, 1.165) is 30.2 Å². The van der Waals surface area contributed by atoms with Gasteiger partial charge < -0.3 is 9.30 Å². The molecule has 0 aliphatic heterocycles. The highest BCUT2D eigenvalue weighted by Gasteiger charge is 2.47. The molecule has 1 saturated carbocycles. The van der Waals surface area contributed by atoms with Gasteiger partial charge in [0.05, 0.1) is 7.11 Å². The van der Waals surface area contributed by atoms with Crippen LogP contribution in [0.25, 0.3) is 0 Å². The van der Waals surface area contributed by atoms with Crippen LogP contribution < -0.4 is 5.32 Å². The average molecular weight is 312 g/mol. The number of hydrogen-bond donors (Lipinski definition) is 1. The fourth-order valence-corrected chi connectivity index (χ4v) is 4.14. The van der Waals surface area contributed by atoms with E-state index in [9.17, 15) is 4.79 Å². The number of nitrogens with zero attached hydrogens (tertiary/aromatic N) is 3. The molecule has 0 saturated heterocycles. The minimum atomic E-state index is -0.561. The molecule has 6 nitrogen and oxygen atoms in total. The smallest absolute Gasteiger partial charge is 0.326 e. The summed E-state index contributed by atoms with van der Waals surface area (Å²) >= 11 is 1.70. The molecule has 21 heavy (non-hydrogen) atoms. The van der Waals surface area contributed by atoms with E-state index in [1.54, 1.807) is 11.8 Å². The van der Waals surface area contributed by atoms with Gasteiger partial charge in [0.15, 0.2) is 5.16 Å². The molecule has 2 rings (SSSR count). The number of methoxy groups -OCH3 is 1. The number of rotatable bonds is 5. The Morgan fingerprint density at radius 3 is 2.76 bits per heavy atom. The van der Waals surface area contributed by atoms with Crippen molar-refractivity contribution in [3.05, 3.63) is 5.82 Å². The predicted molar refractivity (Wildman–Crippen MR) is 82.3 cm³/mol. The lowest BCUT2D eigenvalue weighted by Crippen LogP contribution is -2.53. The summed E-state index contributed by atoms with van der Waals surface area (Å²) in [5, 5.41) is 12.9. The van der Waals surface area contributed by atoms with Crippen LogP contribution >= 0.6 is 11.8 Å². The van der Waals surface area contributed by atoms with E-state index in [0.29, 0.717) is 5.25 Å². The monoisotopic (exact) mass is 312 g/mol. The summed E-state index contributed by atoms with van der Waals surface area (Å²) < 4.78 is 7.01. The van der Waals surface area contributed by atoms with Crippen molar-refractivity contribution < 1.29 is 9.53 Å². The van der Waals surface area contributed by atoms with Gasteiger partial charge in [-0.15, -0.1) is 10.2 Å². The molecule has 2 atom stereocenters. The van der Waals surface area contributed by atoms with Crippen molar-refractivity contribution in [2.45, 2.75) is 62.0 Å². The molecule has 1 heterocycles. The molecule has 118 valence electrons. The van der Waals surface area contributed by atoms with Gasteiger partial charge in [-0.1, -0.05) is 11.8 Å². The first-order valence-corrected chi connectivity index (χ1v) is 8.14. The number of hydrogen-bond acceptors (Lipinski definition) is 6. The lowest BCUT2D eigenvalue weighted by molar-refractivity contribution is -0.148. The lowest BCUT2D eigenvalue weighted by Gasteiger charge is -2.30. The average Bonchev–Trinajstić information content (AvgIpc) is 2.97. The van der Waals surface area contributed by atoms with Crippen molar-refractivity contribution in [3.63, 3.8) is 0 Å². The van der Waals surface area contributed by atoms with Crippen LogP contribution in [0.1, 0.15) is 38.9 Å². The van der Waals surface area contributed by atoms with E-state index < -0.39 is 5.54 Å². The summed E-state index contributed by atoms with van der Waals surface area (Å²) in [6, 6.07) is 0.241. The third-order valence-corrected chi connectivity index (χ3v) is 5.24. The summed E-state index contributed by atoms with van der Waals surface area (Å²) in [5.74, 6) is 0.739. The number of aryl methyl sites for hydroxylation is 1. The molecule has 0 radical (unpaired) electrons. The van der Waals surface area contributed by atoms with E-state index in [1.165, 1.54) is 7.11 Å². The molecule has 2 unspecified atom stereocenters. The molecule has 1 aromatic heterocycles. The van der Waals surface area contributed by atoms with E-state index in [4.69, 9.17) is 4.74 Å². The first-order valence-electron chi connectivity index (χ1n) is 7.26. The maximum absolute atomic E-state index is 12.2. The van der Waals surface area contributed by atoms with Gasteiger partial charge in [0.25, 0.3) is 0 Å². The first-order chi connectivity index (χ1) is 9.88. The molecule has 1 aliphatic carbocycles. The number of nitrogens with one attached hydrogen (secondary N) is 1. The van der Waals surface area contributed by atoms with Crippen LogP contribution in [0.5, 0.6) is 0 Å². The molecule has 1 aliphatic rings. The van der Waals surface area contributed by atoms with Crippen molar-refractivity contribution in [2.75, 3.05) is 7.11 Å². The minimum Gasteiger partial charge on any atom is -0.468 e. The van der Waals surface area contributed by atoms with Crippen molar-refractivity contribution in [2.24, 2.45) is 7.05 Å². The molecule has 1 aromatic rings. The second-order valence-corrected chi connectivity index (χ2v) is 7.21. The third kappa shape index (κ3) is 3.40. The molecule has 0 aromatic carbocycles. The summed E-state index contributed by atoms with van der Waals surface area (Å²) in [5.41, 5.74) is -0.561. The van der Waals surface area contributed by atoms with Crippen LogP contribution in [0, 0.1) is 6.92 Å². The Bertz CT molecular complexity index is 517. The highest BCUT2D eigenvalue weighted by Crippen LogP contribution is 2.40. The van der Waals surface area contributed by atoms with Crippen molar-refractivity contribution in [1.82, 2.24) is 20.1 Å². The summed E-state index contributed by atoms with van der Waals surface area (Å²) in [6.45, 7) is 6.04. The van der Waals surface area contributed by atoms with Crippen molar-refractivity contribution in [1.29, 1.82) is 0 Å². The fraction of sp³-hybridized carbons (Fsp3) is 0.786. The van der Waals surface area contributed by atoms with Gasteiger partial charge in [-0.05, 0) is 40.0 Å². The number of ether oxygens (including phenoxy) is 1. The number of carbonyl (C=O) groups is 1. The molecule has 0 spiro atoms. The number of esters is 1. The van der Waals surface area contributed by atoms with Crippen LogP contribution in [0.4, 0.5) is 0 Å². The van der Waals surface area contributed by atoms with Crippen LogP contribution in [-0.4, -0.2) is 44.7 Å². The molecular weight excluding hydrogens is 288 g/mol. The summed E-state index contributed by atoms with van der Waals surface area (Å²) in [4.78, 5) is 12.2. The molecule has 1 N–H and O–H groups in total. The topological polar surface area (TPSA) is 69.0 Å². The highest BCUT2D eigenvalue weighted by atomic mass is 32.2. The van der Waals surface area contributed by atoms with Crippen molar-refractivity contribution in [3.8, 4) is 0 Å². The Kier molecular flexibility index (Phi) is 4.93. The zero-order valence-corrected chi connectivity index (χ0v) is 14.2. The molecule has 1 fully saturated rings. The van der Waals surface area contributed by atoms with Crippen LogP contribution in [0.2, 0.25) is 0 Å². The van der Waals surface area contributed by atoms with Crippen LogP contribution in [0.3, 0.4) is 0 Å². The second kappa shape index (κ2) is 6.36. The minimum absolute atomic E-state index is 0.159. The van der Waals surface area contributed by atoms with Gasteiger partial charge in [0.1, 0.15) is 11.4 Å². The Hall–Kier alpha value is -1.08. The van der Waals surface area contributed by atoms with Gasteiger partial charge in [-0.2, -0.15) is 0 Å². The lowest BCUT2D eigenvalue weighted by atomic mass is 9.97. The number of thioether (sulfide) groups is 1. The summed E-state index contributed by atoms with van der Waals surface area (Å²) in [7, 11) is 3.42. The quantitative estimate of drug-likeness (QED) is 0.834. The predicted octanol–water partition coefficient (Wildman–Crippen LogP) is 1.68. The largest absolute Gasteiger partial charge is 0.468 e. The Balaban J connectivity index is 2.09. The summed E-state index contributed by atoms with van der Waals surface area (Å²) in [6.07, 6.45) is 2.52. The first kappa shape index (κ1) is 16.3. The van der Waals surface area contributed by atoms with Gasteiger partial charge in [0, 0.05) is 18.3 Å². The van der Waals surface area contributed by atoms with E-state index in [2.05, 4.69) is 29.4 Å². The second-order valence-electron chi connectivity index (χ2n) is 5.94. The van der Waals surface area contributed by atoms with Crippen molar-refractivity contribution >= 4 is 17.7 Å². The van der Waals surface area contributed by atoms with Gasteiger partial charge in [0.2, 0.25) is 0 Å². The van der Waals surface area contributed by atoms with Crippen LogP contribution in [-0.2, 0) is 16.6 Å². The van der Waals surface area contributed by atoms with E-state index in [1.807, 2.05) is 18.5 Å². The zero-order valence-electron chi connectivity index (χ0n) is 13.3. The van der Waals surface area contributed by atoms with E-state index in [-0.39, 0.29) is 12.0 Å². The van der Waals surface area contributed by atoms with Gasteiger partial charge in [-0.3, -0.25) is 10.1 Å². The molecule has 7 heteroatoms. The maximum Gasteiger partial charge on any atom is 0.326 e. The molecule has 0 amide bonds. The Morgan fingerprint density at radius 1 is 1.52 bits per heavy atom. The van der Waals surface area contributed by atoms with Crippen LogP contribution in [0.15, 0.2) is 5.16 Å². The third-order valence-electron chi connectivity index (χ3n) is 3.94. The van der Waals surface area contributed by atoms with E-state index >= 15 is 0 Å².